The topological polar surface area (TPSA) is 29.1 Å². The fourth-order valence-corrected chi connectivity index (χ4v) is 0.239. The van der Waals surface area contributed by atoms with Crippen LogP contribution in [-0.4, -0.2) is 11.8 Å². The molecule has 0 atom stereocenters. The third-order valence-electron chi connectivity index (χ3n) is 0.391. The molecule has 0 heterocycles. The molecule has 0 aliphatic rings. The molecule has 0 aromatic heterocycles. The van der Waals surface area contributed by atoms with Crippen molar-refractivity contribution in [3.63, 3.8) is 0 Å². The van der Waals surface area contributed by atoms with Crippen LogP contribution in [0.2, 0.25) is 0 Å². The van der Waals surface area contributed by atoms with Gasteiger partial charge in [0.1, 0.15) is 0 Å². The average Bonchev–Trinajstić information content (AvgIpc) is 1.61. The Labute approximate surface area is 48.0 Å². The van der Waals surface area contributed by atoms with Gasteiger partial charge in [0, 0.05) is 6.54 Å². The molecule has 0 saturated heterocycles. The van der Waals surface area contributed by atoms with Crippen molar-refractivity contribution in [1.82, 2.24) is 5.32 Å². The number of hydrogen-bond donors (Lipinski definition) is 1. The molecule has 0 saturated carbocycles. The lowest BCUT2D eigenvalue weighted by Crippen LogP contribution is -2.15. The van der Waals surface area contributed by atoms with E-state index in [0.717, 1.165) is 0 Å². The van der Waals surface area contributed by atoms with E-state index in [2.05, 4.69) is 24.5 Å². The van der Waals surface area contributed by atoms with Crippen molar-refractivity contribution in [2.24, 2.45) is 0 Å². The Morgan fingerprint density at radius 3 is 2.71 bits per heavy atom. The third-order valence-corrected chi connectivity index (χ3v) is 0.535. The first-order valence-corrected chi connectivity index (χ1v) is 2.24. The summed E-state index contributed by atoms with van der Waals surface area (Å²) in [6, 6.07) is 0. The Morgan fingerprint density at radius 2 is 2.57 bits per heavy atom. The number of rotatable bonds is 2. The monoisotopic (exact) mass is 116 g/mol. The SMILES string of the molecule is C=CCNC(=O)[S]. The molecule has 1 radical (unpaired) electrons. The molecule has 3 heteroatoms. The van der Waals surface area contributed by atoms with Gasteiger partial charge in [-0.1, -0.05) is 6.08 Å². The number of carbonyl (C=O) groups excluding carboxylic acids is 1. The molecule has 39 valence electrons. The number of hydrogen-bond acceptors (Lipinski definition) is 1. The highest BCUT2D eigenvalue weighted by Crippen LogP contribution is 1.72. The zero-order valence-electron chi connectivity index (χ0n) is 3.81. The quantitative estimate of drug-likeness (QED) is 0.537. The summed E-state index contributed by atoms with van der Waals surface area (Å²) in [5.74, 6) is 0. The highest BCUT2D eigenvalue weighted by atomic mass is 32.1. The van der Waals surface area contributed by atoms with Gasteiger partial charge in [-0.05, 0) is 12.6 Å². The summed E-state index contributed by atoms with van der Waals surface area (Å²) in [7, 11) is 0. The Bertz CT molecular complexity index is 81.8. The van der Waals surface area contributed by atoms with Crippen molar-refractivity contribution in [1.29, 1.82) is 0 Å². The predicted molar refractivity (Wildman–Crippen MR) is 31.2 cm³/mol. The van der Waals surface area contributed by atoms with Crippen LogP contribution in [0.5, 0.6) is 0 Å². The van der Waals surface area contributed by atoms with Crippen molar-refractivity contribution >= 4 is 17.9 Å². The largest absolute Gasteiger partial charge is 0.340 e. The van der Waals surface area contributed by atoms with E-state index in [1.807, 2.05) is 0 Å². The van der Waals surface area contributed by atoms with Crippen LogP contribution < -0.4 is 5.32 Å². The van der Waals surface area contributed by atoms with Crippen LogP contribution >= 0.6 is 12.6 Å². The van der Waals surface area contributed by atoms with Crippen molar-refractivity contribution in [2.75, 3.05) is 6.54 Å². The second-order valence-electron chi connectivity index (χ2n) is 0.957. The minimum atomic E-state index is -0.431. The van der Waals surface area contributed by atoms with Gasteiger partial charge in [-0.2, -0.15) is 0 Å². The first-order valence-electron chi connectivity index (χ1n) is 1.83. The van der Waals surface area contributed by atoms with Crippen LogP contribution in [-0.2, 0) is 0 Å². The van der Waals surface area contributed by atoms with Gasteiger partial charge < -0.3 is 5.32 Å². The van der Waals surface area contributed by atoms with Crippen LogP contribution in [0.15, 0.2) is 12.7 Å². The fraction of sp³-hybridized carbons (Fsp3) is 0.250. The first kappa shape index (κ1) is 6.43. The zero-order chi connectivity index (χ0) is 5.70. The van der Waals surface area contributed by atoms with E-state index < -0.39 is 5.24 Å². The fourth-order valence-electron chi connectivity index (χ4n) is 0.156. The lowest BCUT2D eigenvalue weighted by atomic mass is 10.6. The van der Waals surface area contributed by atoms with E-state index >= 15 is 0 Å². The van der Waals surface area contributed by atoms with Gasteiger partial charge in [0.2, 0.25) is 0 Å². The zero-order valence-corrected chi connectivity index (χ0v) is 4.62. The molecule has 0 unspecified atom stereocenters. The molecule has 1 amide bonds. The Hall–Kier alpha value is -0.570. The molecular weight excluding hydrogens is 110 g/mol. The molecule has 0 aliphatic carbocycles. The van der Waals surface area contributed by atoms with Crippen LogP contribution in [0.25, 0.3) is 0 Å². The van der Waals surface area contributed by atoms with Gasteiger partial charge in [0.15, 0.2) is 0 Å². The van der Waals surface area contributed by atoms with Crippen molar-refractivity contribution in [3.05, 3.63) is 12.7 Å². The van der Waals surface area contributed by atoms with Gasteiger partial charge in [-0.3, -0.25) is 4.79 Å². The molecule has 1 N–H and O–H groups in total. The smallest absolute Gasteiger partial charge is 0.310 e. The molecule has 0 aliphatic heterocycles. The maximum Gasteiger partial charge on any atom is 0.310 e. The van der Waals surface area contributed by atoms with Gasteiger partial charge in [0.05, 0.1) is 0 Å². The van der Waals surface area contributed by atoms with Crippen LogP contribution in [0.1, 0.15) is 0 Å². The molecule has 0 spiro atoms. The van der Waals surface area contributed by atoms with Gasteiger partial charge in [-0.25, -0.2) is 0 Å². The normalized spacial score (nSPS) is 7.43. The minimum Gasteiger partial charge on any atom is -0.340 e. The maximum absolute atomic E-state index is 9.86. The summed E-state index contributed by atoms with van der Waals surface area (Å²) in [4.78, 5) is 9.86. The average molecular weight is 116 g/mol. The first-order chi connectivity index (χ1) is 3.27. The molecule has 0 aromatic carbocycles. The van der Waals surface area contributed by atoms with E-state index in [-0.39, 0.29) is 0 Å². The van der Waals surface area contributed by atoms with E-state index in [0.29, 0.717) is 6.54 Å². The van der Waals surface area contributed by atoms with Gasteiger partial charge in [0.25, 0.3) is 0 Å². The molecule has 0 bridgehead atoms. The summed E-state index contributed by atoms with van der Waals surface area (Å²) in [6.45, 7) is 3.83. The molecule has 2 nitrogen and oxygen atoms in total. The molecule has 0 rings (SSSR count). The van der Waals surface area contributed by atoms with Crippen LogP contribution in [0.4, 0.5) is 4.79 Å². The number of nitrogens with one attached hydrogen (secondary N) is 1. The van der Waals surface area contributed by atoms with E-state index in [1.165, 1.54) is 0 Å². The van der Waals surface area contributed by atoms with Crippen LogP contribution in [0.3, 0.4) is 0 Å². The number of amides is 1. The second-order valence-corrected chi connectivity index (χ2v) is 1.33. The molecular formula is C4H6NOS. The highest BCUT2D eigenvalue weighted by Gasteiger charge is 1.84. The summed E-state index contributed by atoms with van der Waals surface area (Å²) >= 11 is 4.15. The maximum atomic E-state index is 9.86. The lowest BCUT2D eigenvalue weighted by Gasteiger charge is -1.88. The Kier molecular flexibility index (Phi) is 3.32. The van der Waals surface area contributed by atoms with E-state index in [1.54, 1.807) is 6.08 Å². The third kappa shape index (κ3) is 5.43. The summed E-state index contributed by atoms with van der Waals surface area (Å²) in [6.07, 6.45) is 1.57. The molecule has 0 aromatic rings. The summed E-state index contributed by atoms with van der Waals surface area (Å²) in [5, 5.41) is 1.92. The van der Waals surface area contributed by atoms with Crippen molar-refractivity contribution < 1.29 is 4.79 Å². The minimum absolute atomic E-state index is 0.431. The predicted octanol–water partition coefficient (Wildman–Crippen LogP) is 1.08. The van der Waals surface area contributed by atoms with Gasteiger partial charge >= 0.3 is 5.24 Å². The molecule has 7 heavy (non-hydrogen) atoms. The lowest BCUT2D eigenvalue weighted by molar-refractivity contribution is 0.262. The Morgan fingerprint density at radius 1 is 2.00 bits per heavy atom. The second kappa shape index (κ2) is 3.61. The summed E-state index contributed by atoms with van der Waals surface area (Å²) < 4.78 is 0. The van der Waals surface area contributed by atoms with Crippen molar-refractivity contribution in [3.8, 4) is 0 Å². The van der Waals surface area contributed by atoms with E-state index in [9.17, 15) is 4.79 Å². The Balaban J connectivity index is 2.97. The van der Waals surface area contributed by atoms with E-state index in [4.69, 9.17) is 0 Å². The highest BCUT2D eigenvalue weighted by molar-refractivity contribution is 7.96. The van der Waals surface area contributed by atoms with Gasteiger partial charge in [-0.15, -0.1) is 6.58 Å². The van der Waals surface area contributed by atoms with Crippen LogP contribution in [0, 0.1) is 0 Å². The van der Waals surface area contributed by atoms with Crippen molar-refractivity contribution in [2.45, 2.75) is 0 Å². The standard InChI is InChI=1S/C4H6NOS/c1-2-3-5-4(6)7/h2H,1,3H2,(H,5,6). The summed E-state index contributed by atoms with van der Waals surface area (Å²) in [5.41, 5.74) is 0. The molecule has 0 fully saturated rings. The number of carbonyl (C=O) groups is 1.